The second kappa shape index (κ2) is 4.94. The van der Waals surface area contributed by atoms with Crippen LogP contribution >= 0.6 is 11.3 Å². The van der Waals surface area contributed by atoms with E-state index in [1.54, 1.807) is 11.3 Å². The van der Waals surface area contributed by atoms with Crippen LogP contribution in [0.3, 0.4) is 0 Å². The minimum atomic E-state index is 0.610. The molecular formula is C11H19N3S. The first-order valence-corrected chi connectivity index (χ1v) is 6.61. The molecule has 2 N–H and O–H groups in total. The summed E-state index contributed by atoms with van der Waals surface area (Å²) >= 11 is 1.56. The molecule has 1 aromatic heterocycles. The van der Waals surface area contributed by atoms with Crippen molar-refractivity contribution in [1.29, 1.82) is 0 Å². The second-order valence-corrected chi connectivity index (χ2v) is 5.14. The molecule has 0 saturated carbocycles. The first-order chi connectivity index (χ1) is 7.29. The Hall–Kier alpha value is -0.610. The minimum Gasteiger partial charge on any atom is -0.375 e. The predicted molar refractivity (Wildman–Crippen MR) is 65.2 cm³/mol. The van der Waals surface area contributed by atoms with Crippen molar-refractivity contribution in [2.24, 2.45) is 0 Å². The van der Waals surface area contributed by atoms with Crippen molar-refractivity contribution in [2.45, 2.75) is 32.1 Å². The molecule has 0 aromatic carbocycles. The smallest absolute Gasteiger partial charge is 0.180 e. The first-order valence-electron chi connectivity index (χ1n) is 5.73. The lowest BCUT2D eigenvalue weighted by atomic mass is 9.95. The lowest BCUT2D eigenvalue weighted by Gasteiger charge is -2.31. The average Bonchev–Trinajstić information content (AvgIpc) is 2.66. The van der Waals surface area contributed by atoms with Gasteiger partial charge in [-0.1, -0.05) is 6.92 Å². The van der Waals surface area contributed by atoms with Crippen LogP contribution in [0.1, 0.15) is 37.8 Å². The van der Waals surface area contributed by atoms with Crippen molar-refractivity contribution >= 4 is 16.5 Å². The van der Waals surface area contributed by atoms with Crippen molar-refractivity contribution in [3.8, 4) is 0 Å². The Morgan fingerprint density at radius 3 is 3.20 bits per heavy atom. The molecule has 0 aliphatic carbocycles. The van der Waals surface area contributed by atoms with Crippen molar-refractivity contribution in [2.75, 3.05) is 25.4 Å². The molecule has 0 radical (unpaired) electrons. The number of piperidine rings is 1. The molecule has 1 atom stereocenters. The van der Waals surface area contributed by atoms with Gasteiger partial charge in [-0.3, -0.25) is 0 Å². The number of likely N-dealkylation sites (tertiary alicyclic amines) is 1. The van der Waals surface area contributed by atoms with Gasteiger partial charge in [-0.25, -0.2) is 4.98 Å². The van der Waals surface area contributed by atoms with Gasteiger partial charge >= 0.3 is 0 Å². The van der Waals surface area contributed by atoms with Crippen molar-refractivity contribution in [1.82, 2.24) is 9.88 Å². The fraction of sp³-hybridized carbons (Fsp3) is 0.727. The highest BCUT2D eigenvalue weighted by molar-refractivity contribution is 7.13. The Morgan fingerprint density at radius 2 is 2.53 bits per heavy atom. The van der Waals surface area contributed by atoms with E-state index in [0.29, 0.717) is 11.0 Å². The zero-order chi connectivity index (χ0) is 10.7. The van der Waals surface area contributed by atoms with Crippen molar-refractivity contribution in [3.63, 3.8) is 0 Å². The number of nitrogen functional groups attached to an aromatic ring is 1. The maximum atomic E-state index is 5.67. The zero-order valence-electron chi connectivity index (χ0n) is 9.28. The molecule has 3 nitrogen and oxygen atoms in total. The normalized spacial score (nSPS) is 23.1. The van der Waals surface area contributed by atoms with E-state index in [-0.39, 0.29) is 0 Å². The molecule has 1 aliphatic heterocycles. The first kappa shape index (κ1) is 10.9. The molecule has 0 unspecified atom stereocenters. The molecule has 84 valence electrons. The van der Waals surface area contributed by atoms with Gasteiger partial charge < -0.3 is 10.6 Å². The van der Waals surface area contributed by atoms with Crippen LogP contribution in [-0.4, -0.2) is 29.5 Å². The van der Waals surface area contributed by atoms with Gasteiger partial charge in [0.05, 0.1) is 5.69 Å². The predicted octanol–water partition coefficient (Wildman–Crippen LogP) is 2.31. The Labute approximate surface area is 95.3 Å². The van der Waals surface area contributed by atoms with Crippen LogP contribution in [0.15, 0.2) is 5.38 Å². The molecule has 0 amide bonds. The summed E-state index contributed by atoms with van der Waals surface area (Å²) in [6, 6.07) is 0. The summed E-state index contributed by atoms with van der Waals surface area (Å²) in [4.78, 5) is 6.94. The SMILES string of the molecule is CCCN1CCC[C@H](c2csc(N)n2)C1. The summed E-state index contributed by atoms with van der Waals surface area (Å²) in [6.45, 7) is 5.88. The van der Waals surface area contributed by atoms with Crippen molar-refractivity contribution < 1.29 is 0 Å². The second-order valence-electron chi connectivity index (χ2n) is 4.25. The number of rotatable bonds is 3. The fourth-order valence-corrected chi connectivity index (χ4v) is 2.95. The molecule has 0 spiro atoms. The fourth-order valence-electron chi connectivity index (χ4n) is 2.30. The Morgan fingerprint density at radius 1 is 1.67 bits per heavy atom. The van der Waals surface area contributed by atoms with Gasteiger partial charge in [-0.2, -0.15) is 0 Å². The molecule has 15 heavy (non-hydrogen) atoms. The Bertz CT molecular complexity index is 309. The van der Waals surface area contributed by atoms with E-state index in [1.807, 2.05) is 0 Å². The monoisotopic (exact) mass is 225 g/mol. The minimum absolute atomic E-state index is 0.610. The van der Waals surface area contributed by atoms with Crippen LogP contribution in [-0.2, 0) is 0 Å². The number of nitrogens with two attached hydrogens (primary N) is 1. The molecule has 0 bridgehead atoms. The highest BCUT2D eigenvalue weighted by Gasteiger charge is 2.22. The summed E-state index contributed by atoms with van der Waals surface area (Å²) in [5, 5.41) is 2.83. The number of thiazole rings is 1. The zero-order valence-corrected chi connectivity index (χ0v) is 10.1. The van der Waals surface area contributed by atoms with Crippen molar-refractivity contribution in [3.05, 3.63) is 11.1 Å². The lowest BCUT2D eigenvalue weighted by molar-refractivity contribution is 0.207. The third-order valence-electron chi connectivity index (χ3n) is 3.00. The molecule has 1 aliphatic rings. The van der Waals surface area contributed by atoms with Crippen LogP contribution in [0.2, 0.25) is 0 Å². The summed E-state index contributed by atoms with van der Waals surface area (Å²) in [5.74, 6) is 0.610. The molecule has 1 saturated heterocycles. The Balaban J connectivity index is 1.98. The van der Waals surface area contributed by atoms with Gasteiger partial charge in [0.1, 0.15) is 0 Å². The van der Waals surface area contributed by atoms with E-state index < -0.39 is 0 Å². The highest BCUT2D eigenvalue weighted by atomic mass is 32.1. The molecule has 1 fully saturated rings. The Kier molecular flexibility index (Phi) is 3.59. The third-order valence-corrected chi connectivity index (χ3v) is 3.70. The van der Waals surface area contributed by atoms with E-state index >= 15 is 0 Å². The summed E-state index contributed by atoms with van der Waals surface area (Å²) < 4.78 is 0. The quantitative estimate of drug-likeness (QED) is 0.858. The summed E-state index contributed by atoms with van der Waals surface area (Å²) in [5.41, 5.74) is 6.88. The van der Waals surface area contributed by atoms with Crippen LogP contribution < -0.4 is 5.73 Å². The molecular weight excluding hydrogens is 206 g/mol. The van der Waals surface area contributed by atoms with Gasteiger partial charge in [0.2, 0.25) is 0 Å². The average molecular weight is 225 g/mol. The number of hydrogen-bond donors (Lipinski definition) is 1. The highest BCUT2D eigenvalue weighted by Crippen LogP contribution is 2.28. The lowest BCUT2D eigenvalue weighted by Crippen LogP contribution is -2.34. The van der Waals surface area contributed by atoms with Gasteiger partial charge in [0.25, 0.3) is 0 Å². The largest absolute Gasteiger partial charge is 0.375 e. The van der Waals surface area contributed by atoms with Gasteiger partial charge in [0, 0.05) is 17.8 Å². The summed E-state index contributed by atoms with van der Waals surface area (Å²) in [7, 11) is 0. The standard InChI is InChI=1S/C11H19N3S/c1-2-5-14-6-3-4-9(7-14)10-8-15-11(12)13-10/h8-9H,2-7H2,1H3,(H2,12,13)/t9-/m0/s1. The van der Waals surface area contributed by atoms with Crippen LogP contribution in [0.5, 0.6) is 0 Å². The molecule has 2 rings (SSSR count). The number of hydrogen-bond acceptors (Lipinski definition) is 4. The maximum absolute atomic E-state index is 5.67. The third kappa shape index (κ3) is 2.69. The number of nitrogens with zero attached hydrogens (tertiary/aromatic N) is 2. The molecule has 4 heteroatoms. The van der Waals surface area contributed by atoms with Crippen LogP contribution in [0.25, 0.3) is 0 Å². The van der Waals surface area contributed by atoms with Gasteiger partial charge in [-0.15, -0.1) is 11.3 Å². The van der Waals surface area contributed by atoms with Crippen LogP contribution in [0, 0.1) is 0 Å². The van der Waals surface area contributed by atoms with E-state index in [0.717, 1.165) is 6.54 Å². The number of anilines is 1. The van der Waals surface area contributed by atoms with Gasteiger partial charge in [0.15, 0.2) is 5.13 Å². The number of aromatic nitrogens is 1. The van der Waals surface area contributed by atoms with E-state index in [4.69, 9.17) is 5.73 Å². The summed E-state index contributed by atoms with van der Waals surface area (Å²) in [6.07, 6.45) is 3.80. The van der Waals surface area contributed by atoms with E-state index in [1.165, 1.54) is 38.0 Å². The van der Waals surface area contributed by atoms with Gasteiger partial charge in [-0.05, 0) is 32.4 Å². The topological polar surface area (TPSA) is 42.1 Å². The van der Waals surface area contributed by atoms with Crippen LogP contribution in [0.4, 0.5) is 5.13 Å². The van der Waals surface area contributed by atoms with E-state index in [9.17, 15) is 0 Å². The molecule has 2 heterocycles. The maximum Gasteiger partial charge on any atom is 0.180 e. The van der Waals surface area contributed by atoms with E-state index in [2.05, 4.69) is 22.2 Å². The molecule has 1 aromatic rings.